The fraction of sp³-hybridized carbons (Fsp3) is 0.582. The minimum absolute atomic E-state index is 0.0149. The summed E-state index contributed by atoms with van der Waals surface area (Å²) in [7, 11) is 1.70. The molecule has 1 aliphatic rings. The number of unbranched alkanes of at least 4 members (excludes halogenated alkanes) is 1. The molecule has 1 aliphatic heterocycles. The van der Waals surface area contributed by atoms with Gasteiger partial charge in [-0.1, -0.05) is 95.4 Å². The lowest BCUT2D eigenvalue weighted by Crippen LogP contribution is -2.48. The summed E-state index contributed by atoms with van der Waals surface area (Å²) in [6.45, 7) is 23.6. The normalized spacial score (nSPS) is 15.1. The largest absolute Gasteiger partial charge is 0.496 e. The summed E-state index contributed by atoms with van der Waals surface area (Å²) in [4.78, 5) is 26.6. The van der Waals surface area contributed by atoms with Crippen LogP contribution in [0.4, 0.5) is 11.8 Å². The number of allylic oxidation sites excluding steroid dienone is 12. The average Bonchev–Trinajstić information content (AvgIpc) is 3.25. The molecule has 1 saturated heterocycles. The van der Waals surface area contributed by atoms with Gasteiger partial charge in [0.25, 0.3) is 0 Å². The molecule has 1 fully saturated rings. The smallest absolute Gasteiger partial charge is 0.222 e. The van der Waals surface area contributed by atoms with Gasteiger partial charge in [0.2, 0.25) is 11.9 Å². The van der Waals surface area contributed by atoms with Gasteiger partial charge in [0, 0.05) is 56.8 Å². The SMILES string of the molecule is CCCC(CO)Nc1nc(N)nc(C)c1Cc1ccc(CN2CCN(C(=O)CCC(C)=CCCC(C)=CCCC(C)=CCCC=C(C)CC/C=C(\C)CCC=C(C)C)CC2)cc1OC. The highest BCUT2D eigenvalue weighted by atomic mass is 16.5. The van der Waals surface area contributed by atoms with Crippen molar-refractivity contribution in [1.82, 2.24) is 19.8 Å². The number of ether oxygens (including phenoxy) is 1. The fourth-order valence-corrected chi connectivity index (χ4v) is 8.20. The molecule has 0 bridgehead atoms. The van der Waals surface area contributed by atoms with E-state index >= 15 is 0 Å². The van der Waals surface area contributed by atoms with Crippen molar-refractivity contribution in [2.24, 2.45) is 0 Å². The number of aryl methyl sites for hydroxylation is 1. The Labute approximate surface area is 389 Å². The Bertz CT molecular complexity index is 1930. The van der Waals surface area contributed by atoms with Crippen molar-refractivity contribution in [3.8, 4) is 5.75 Å². The number of piperazine rings is 1. The van der Waals surface area contributed by atoms with E-state index in [9.17, 15) is 9.90 Å². The molecule has 1 aromatic heterocycles. The third-order valence-electron chi connectivity index (χ3n) is 12.4. The van der Waals surface area contributed by atoms with Gasteiger partial charge in [0.05, 0.1) is 19.8 Å². The first-order valence-corrected chi connectivity index (χ1v) is 24.3. The number of hydrogen-bond acceptors (Lipinski definition) is 8. The molecule has 354 valence electrons. The van der Waals surface area contributed by atoms with Crippen molar-refractivity contribution < 1.29 is 14.6 Å². The number of carbonyl (C=O) groups excluding carboxylic acids is 1. The van der Waals surface area contributed by atoms with Gasteiger partial charge in [-0.3, -0.25) is 9.69 Å². The number of nitrogens with one attached hydrogen (secondary N) is 1. The van der Waals surface area contributed by atoms with Gasteiger partial charge < -0.3 is 25.8 Å². The third-order valence-corrected chi connectivity index (χ3v) is 12.4. The molecule has 0 radical (unpaired) electrons. The minimum atomic E-state index is -0.108. The van der Waals surface area contributed by atoms with Gasteiger partial charge in [-0.05, 0) is 150 Å². The molecule has 0 spiro atoms. The van der Waals surface area contributed by atoms with Gasteiger partial charge in [-0.15, -0.1) is 0 Å². The molecule has 1 amide bonds. The van der Waals surface area contributed by atoms with E-state index in [2.05, 4.69) is 130 Å². The highest BCUT2D eigenvalue weighted by Crippen LogP contribution is 2.29. The standard InChI is InChI=1S/C55H86N6O3/c1-11-18-50(40-62)58-54-51(47(9)57-55(56)59-54)38-49-31-30-48(37-52(49)64-10)39-60-33-35-61(36-34-60)53(63)32-29-46(8)28-17-27-45(7)26-16-24-43(5)21-13-12-20-42(4)23-15-25-44(6)22-14-19-41(2)3/h19-21,25-26,28,30-31,37,50,62H,11-18,22-24,27,29,32-36,38-40H2,1-10H3,(H3,56,57,58,59)/b42-20?,43-21?,44-25+,45-26?,46-28?. The van der Waals surface area contributed by atoms with Crippen LogP contribution in [0.1, 0.15) is 168 Å². The zero-order valence-corrected chi connectivity index (χ0v) is 41.8. The topological polar surface area (TPSA) is 117 Å². The Morgan fingerprint density at radius 1 is 0.766 bits per heavy atom. The highest BCUT2D eigenvalue weighted by Gasteiger charge is 2.22. The summed E-state index contributed by atoms with van der Waals surface area (Å²) in [5.74, 6) is 1.94. The van der Waals surface area contributed by atoms with Crippen LogP contribution in [0.15, 0.2) is 88.1 Å². The second-order valence-electron chi connectivity index (χ2n) is 18.6. The van der Waals surface area contributed by atoms with E-state index in [1.54, 1.807) is 7.11 Å². The van der Waals surface area contributed by atoms with E-state index in [1.165, 1.54) is 45.4 Å². The van der Waals surface area contributed by atoms with E-state index in [0.717, 1.165) is 132 Å². The minimum Gasteiger partial charge on any atom is -0.496 e. The Balaban J connectivity index is 1.35. The summed E-state index contributed by atoms with van der Waals surface area (Å²) >= 11 is 0. The van der Waals surface area contributed by atoms with Crippen molar-refractivity contribution in [3.05, 3.63) is 110 Å². The highest BCUT2D eigenvalue weighted by molar-refractivity contribution is 5.76. The number of methoxy groups -OCH3 is 1. The Morgan fingerprint density at radius 2 is 1.30 bits per heavy atom. The molecule has 2 aromatic rings. The zero-order valence-electron chi connectivity index (χ0n) is 41.8. The number of rotatable bonds is 28. The monoisotopic (exact) mass is 879 g/mol. The maximum Gasteiger partial charge on any atom is 0.222 e. The van der Waals surface area contributed by atoms with E-state index in [4.69, 9.17) is 10.5 Å². The van der Waals surface area contributed by atoms with Crippen molar-refractivity contribution in [2.75, 3.05) is 50.9 Å². The van der Waals surface area contributed by atoms with Crippen molar-refractivity contribution in [1.29, 1.82) is 0 Å². The molecule has 64 heavy (non-hydrogen) atoms. The van der Waals surface area contributed by atoms with Gasteiger partial charge in [0.1, 0.15) is 11.6 Å². The fourth-order valence-electron chi connectivity index (χ4n) is 8.20. The maximum absolute atomic E-state index is 13.2. The Morgan fingerprint density at radius 3 is 1.81 bits per heavy atom. The molecule has 1 aromatic carbocycles. The number of anilines is 2. The van der Waals surface area contributed by atoms with Gasteiger partial charge in [-0.2, -0.15) is 4.98 Å². The quantitative estimate of drug-likeness (QED) is 0.0572. The van der Waals surface area contributed by atoms with Crippen molar-refractivity contribution in [3.63, 3.8) is 0 Å². The molecule has 0 aliphatic carbocycles. The van der Waals surface area contributed by atoms with Crippen LogP contribution in [0.2, 0.25) is 0 Å². The summed E-state index contributed by atoms with van der Waals surface area (Å²) in [5.41, 5.74) is 18.6. The summed E-state index contributed by atoms with van der Waals surface area (Å²) < 4.78 is 5.87. The molecule has 9 nitrogen and oxygen atoms in total. The first-order chi connectivity index (χ1) is 30.7. The van der Waals surface area contributed by atoms with E-state index in [0.29, 0.717) is 18.7 Å². The van der Waals surface area contributed by atoms with Crippen LogP contribution in [-0.4, -0.2) is 76.7 Å². The lowest BCUT2D eigenvalue weighted by Gasteiger charge is -2.35. The van der Waals surface area contributed by atoms with Crippen molar-refractivity contribution in [2.45, 2.75) is 171 Å². The second kappa shape index (κ2) is 29.9. The molecule has 2 heterocycles. The third kappa shape index (κ3) is 21.0. The van der Waals surface area contributed by atoms with Crippen LogP contribution in [0, 0.1) is 6.92 Å². The molecular formula is C55H86N6O3. The number of nitrogens with two attached hydrogens (primary N) is 1. The molecule has 1 unspecified atom stereocenters. The predicted molar refractivity (Wildman–Crippen MR) is 272 cm³/mol. The molecule has 1 atom stereocenters. The lowest BCUT2D eigenvalue weighted by molar-refractivity contribution is -0.133. The maximum atomic E-state index is 13.2. The van der Waals surface area contributed by atoms with Crippen LogP contribution in [0.3, 0.4) is 0 Å². The number of benzene rings is 1. The summed E-state index contributed by atoms with van der Waals surface area (Å²) in [6.07, 6.45) is 29.2. The van der Waals surface area contributed by atoms with Crippen LogP contribution in [0.5, 0.6) is 5.75 Å². The number of carbonyl (C=O) groups is 1. The predicted octanol–water partition coefficient (Wildman–Crippen LogP) is 12.6. The van der Waals surface area contributed by atoms with Gasteiger partial charge >= 0.3 is 0 Å². The molecule has 9 heteroatoms. The number of aliphatic hydroxyl groups excluding tert-OH is 1. The molecule has 3 rings (SSSR count). The summed E-state index contributed by atoms with van der Waals surface area (Å²) in [5, 5.41) is 13.3. The number of aromatic nitrogens is 2. The number of hydrogen-bond donors (Lipinski definition) is 3. The number of nitrogens with zero attached hydrogens (tertiary/aromatic N) is 4. The summed E-state index contributed by atoms with van der Waals surface area (Å²) in [6, 6.07) is 6.29. The van der Waals surface area contributed by atoms with Crippen LogP contribution in [0.25, 0.3) is 0 Å². The number of aliphatic hydroxyl groups is 1. The van der Waals surface area contributed by atoms with E-state index in [1.807, 2.05) is 11.8 Å². The van der Waals surface area contributed by atoms with Gasteiger partial charge in [0.15, 0.2) is 0 Å². The van der Waals surface area contributed by atoms with Crippen LogP contribution < -0.4 is 15.8 Å². The molecule has 4 N–H and O–H groups in total. The number of amides is 1. The van der Waals surface area contributed by atoms with E-state index in [-0.39, 0.29) is 24.5 Å². The first kappa shape index (κ1) is 53.9. The Hall–Kier alpha value is -4.47. The lowest BCUT2D eigenvalue weighted by atomic mass is 10.0. The van der Waals surface area contributed by atoms with Crippen LogP contribution in [-0.2, 0) is 17.8 Å². The van der Waals surface area contributed by atoms with E-state index < -0.39 is 0 Å². The zero-order chi connectivity index (χ0) is 46.9. The second-order valence-corrected chi connectivity index (χ2v) is 18.6. The number of nitrogen functional groups attached to an aromatic ring is 1. The van der Waals surface area contributed by atoms with Crippen LogP contribution >= 0.6 is 0 Å². The van der Waals surface area contributed by atoms with Crippen molar-refractivity contribution >= 4 is 17.7 Å². The average molecular weight is 879 g/mol. The first-order valence-electron chi connectivity index (χ1n) is 24.3. The van der Waals surface area contributed by atoms with Gasteiger partial charge in [-0.25, -0.2) is 4.98 Å². The molecular weight excluding hydrogens is 793 g/mol. The molecule has 0 saturated carbocycles. The Kier molecular flexibility index (Phi) is 25.1.